The van der Waals surface area contributed by atoms with Gasteiger partial charge in [0.25, 0.3) is 5.91 Å². The van der Waals surface area contributed by atoms with Gasteiger partial charge in [-0.25, -0.2) is 0 Å². The van der Waals surface area contributed by atoms with Crippen LogP contribution in [-0.4, -0.2) is 29.4 Å². The van der Waals surface area contributed by atoms with Crippen LogP contribution in [0.3, 0.4) is 0 Å². The molecule has 0 saturated carbocycles. The fraction of sp³-hybridized carbons (Fsp3) is 0.400. The van der Waals surface area contributed by atoms with Gasteiger partial charge >= 0.3 is 0 Å². The van der Waals surface area contributed by atoms with E-state index in [1.807, 2.05) is 18.2 Å². The fourth-order valence-electron chi connectivity index (χ4n) is 2.12. The van der Waals surface area contributed by atoms with Gasteiger partial charge in [-0.1, -0.05) is 0 Å². The second-order valence-corrected chi connectivity index (χ2v) is 5.72. The summed E-state index contributed by atoms with van der Waals surface area (Å²) in [5.74, 6) is 1.09. The summed E-state index contributed by atoms with van der Waals surface area (Å²) in [6.07, 6.45) is 3.09. The Morgan fingerprint density at radius 3 is 2.89 bits per heavy atom. The molecule has 102 valence electrons. The molecule has 0 atom stereocenters. The Bertz CT molecular complexity index is 589. The summed E-state index contributed by atoms with van der Waals surface area (Å²) in [7, 11) is 0. The number of hydrogen-bond donors (Lipinski definition) is 2. The van der Waals surface area contributed by atoms with Crippen molar-refractivity contribution in [1.82, 2.24) is 10.3 Å². The number of rotatable bonds is 5. The molecule has 1 aromatic heterocycles. The van der Waals surface area contributed by atoms with Crippen LogP contribution >= 0.6 is 11.8 Å². The van der Waals surface area contributed by atoms with E-state index >= 15 is 0 Å². The third-order valence-electron chi connectivity index (χ3n) is 3.38. The molecule has 0 unspecified atom stereocenters. The molecule has 2 rings (SSSR count). The van der Waals surface area contributed by atoms with E-state index in [4.69, 9.17) is 0 Å². The Balaban J connectivity index is 2.12. The number of amides is 1. The normalized spacial score (nSPS) is 10.9. The van der Waals surface area contributed by atoms with E-state index in [-0.39, 0.29) is 5.91 Å². The Morgan fingerprint density at radius 1 is 1.37 bits per heavy atom. The summed E-state index contributed by atoms with van der Waals surface area (Å²) in [5.41, 5.74) is 4.20. The summed E-state index contributed by atoms with van der Waals surface area (Å²) in [6, 6.07) is 5.83. The predicted octanol–water partition coefficient (Wildman–Crippen LogP) is 3.27. The van der Waals surface area contributed by atoms with Crippen molar-refractivity contribution in [1.29, 1.82) is 0 Å². The van der Waals surface area contributed by atoms with Crippen LogP contribution in [0.5, 0.6) is 0 Å². The molecule has 1 aromatic carbocycles. The number of aryl methyl sites for hydroxylation is 2. The quantitative estimate of drug-likeness (QED) is 0.823. The minimum atomic E-state index is 0.0151. The van der Waals surface area contributed by atoms with Gasteiger partial charge in [0, 0.05) is 28.7 Å². The van der Waals surface area contributed by atoms with E-state index in [1.165, 1.54) is 5.56 Å². The number of H-pyrrole nitrogens is 1. The average molecular weight is 276 g/mol. The summed E-state index contributed by atoms with van der Waals surface area (Å²) in [5, 5.41) is 4.10. The molecular weight excluding hydrogens is 256 g/mol. The van der Waals surface area contributed by atoms with Crippen molar-refractivity contribution in [2.45, 2.75) is 20.3 Å². The molecule has 3 nitrogen and oxygen atoms in total. The first-order valence-corrected chi connectivity index (χ1v) is 7.89. The molecule has 0 aliphatic carbocycles. The van der Waals surface area contributed by atoms with Crippen molar-refractivity contribution in [3.8, 4) is 0 Å². The number of thioether (sulfide) groups is 1. The highest BCUT2D eigenvalue weighted by Gasteiger charge is 2.09. The number of fused-ring (bicyclic) bond motifs is 1. The third-order valence-corrected chi connectivity index (χ3v) is 4.08. The van der Waals surface area contributed by atoms with Gasteiger partial charge in [0.2, 0.25) is 0 Å². The van der Waals surface area contributed by atoms with Crippen molar-refractivity contribution in [3.63, 3.8) is 0 Å². The van der Waals surface area contributed by atoms with E-state index < -0.39 is 0 Å². The summed E-state index contributed by atoms with van der Waals surface area (Å²) < 4.78 is 0. The molecule has 2 aromatic rings. The SMILES string of the molecule is CSCCCNC(=O)c1ccc2[nH]c(C)c(C)c2c1. The summed E-state index contributed by atoms with van der Waals surface area (Å²) in [6.45, 7) is 4.87. The maximum atomic E-state index is 12.0. The smallest absolute Gasteiger partial charge is 0.251 e. The number of carbonyl (C=O) groups is 1. The third kappa shape index (κ3) is 3.13. The van der Waals surface area contributed by atoms with E-state index in [0.717, 1.165) is 40.9 Å². The van der Waals surface area contributed by atoms with Crippen LogP contribution in [0.2, 0.25) is 0 Å². The Labute approximate surface area is 118 Å². The highest BCUT2D eigenvalue weighted by molar-refractivity contribution is 7.98. The lowest BCUT2D eigenvalue weighted by Gasteiger charge is -2.05. The Morgan fingerprint density at radius 2 is 2.16 bits per heavy atom. The van der Waals surface area contributed by atoms with Gasteiger partial charge in [0.05, 0.1) is 0 Å². The summed E-state index contributed by atoms with van der Waals surface area (Å²) in [4.78, 5) is 15.4. The molecule has 0 bridgehead atoms. The van der Waals surface area contributed by atoms with Gasteiger partial charge in [-0.2, -0.15) is 11.8 Å². The fourth-order valence-corrected chi connectivity index (χ4v) is 2.56. The lowest BCUT2D eigenvalue weighted by atomic mass is 10.1. The zero-order valence-corrected chi connectivity index (χ0v) is 12.5. The molecule has 1 amide bonds. The van der Waals surface area contributed by atoms with Gasteiger partial charge in [-0.05, 0) is 56.0 Å². The van der Waals surface area contributed by atoms with Crippen LogP contribution in [0.15, 0.2) is 18.2 Å². The molecule has 0 radical (unpaired) electrons. The molecule has 1 heterocycles. The Kier molecular flexibility index (Phi) is 4.53. The monoisotopic (exact) mass is 276 g/mol. The molecule has 19 heavy (non-hydrogen) atoms. The van der Waals surface area contributed by atoms with Crippen molar-refractivity contribution in [2.24, 2.45) is 0 Å². The first kappa shape index (κ1) is 14.0. The Hall–Kier alpha value is -1.42. The second-order valence-electron chi connectivity index (χ2n) is 4.74. The van der Waals surface area contributed by atoms with Gasteiger partial charge in [-0.3, -0.25) is 4.79 Å². The topological polar surface area (TPSA) is 44.9 Å². The van der Waals surface area contributed by atoms with Crippen molar-refractivity contribution in [3.05, 3.63) is 35.0 Å². The largest absolute Gasteiger partial charge is 0.358 e. The van der Waals surface area contributed by atoms with Gasteiger partial charge < -0.3 is 10.3 Å². The minimum absolute atomic E-state index is 0.0151. The van der Waals surface area contributed by atoms with E-state index in [1.54, 1.807) is 11.8 Å². The lowest BCUT2D eigenvalue weighted by molar-refractivity contribution is 0.0954. The van der Waals surface area contributed by atoms with Crippen LogP contribution in [0.4, 0.5) is 0 Å². The maximum Gasteiger partial charge on any atom is 0.251 e. The number of carbonyl (C=O) groups excluding carboxylic acids is 1. The van der Waals surface area contributed by atoms with E-state index in [9.17, 15) is 4.79 Å². The molecule has 0 aliphatic heterocycles. The number of hydrogen-bond acceptors (Lipinski definition) is 2. The number of aromatic amines is 1. The van der Waals surface area contributed by atoms with E-state index in [0.29, 0.717) is 0 Å². The van der Waals surface area contributed by atoms with Crippen LogP contribution in [-0.2, 0) is 0 Å². The second kappa shape index (κ2) is 6.15. The summed E-state index contributed by atoms with van der Waals surface area (Å²) >= 11 is 1.80. The highest BCUT2D eigenvalue weighted by Crippen LogP contribution is 2.22. The zero-order valence-electron chi connectivity index (χ0n) is 11.7. The molecule has 0 spiro atoms. The van der Waals surface area contributed by atoms with E-state index in [2.05, 4.69) is 30.4 Å². The first-order chi connectivity index (χ1) is 9.13. The number of aromatic nitrogens is 1. The molecule has 0 aliphatic rings. The minimum Gasteiger partial charge on any atom is -0.358 e. The molecule has 0 fully saturated rings. The van der Waals surface area contributed by atoms with Crippen LogP contribution < -0.4 is 5.32 Å². The number of benzene rings is 1. The molecule has 0 saturated heterocycles. The standard InChI is InChI=1S/C15H20N2OS/c1-10-11(2)17-14-6-5-12(9-13(10)14)15(18)16-7-4-8-19-3/h5-6,9,17H,4,7-8H2,1-3H3,(H,16,18). The average Bonchev–Trinajstić information content (AvgIpc) is 2.70. The number of nitrogens with one attached hydrogen (secondary N) is 2. The van der Waals surface area contributed by atoms with Crippen molar-refractivity contribution >= 4 is 28.6 Å². The van der Waals surface area contributed by atoms with Gasteiger partial charge in [-0.15, -0.1) is 0 Å². The highest BCUT2D eigenvalue weighted by atomic mass is 32.2. The van der Waals surface area contributed by atoms with Crippen molar-refractivity contribution < 1.29 is 4.79 Å². The molecule has 2 N–H and O–H groups in total. The van der Waals surface area contributed by atoms with Gasteiger partial charge in [0.15, 0.2) is 0 Å². The molecule has 4 heteroatoms. The van der Waals surface area contributed by atoms with Crippen LogP contribution in [0, 0.1) is 13.8 Å². The lowest BCUT2D eigenvalue weighted by Crippen LogP contribution is -2.24. The first-order valence-electron chi connectivity index (χ1n) is 6.49. The molecular formula is C15H20N2OS. The van der Waals surface area contributed by atoms with Gasteiger partial charge in [0.1, 0.15) is 0 Å². The maximum absolute atomic E-state index is 12.0. The van der Waals surface area contributed by atoms with Crippen LogP contribution in [0.1, 0.15) is 28.0 Å². The zero-order chi connectivity index (χ0) is 13.8. The van der Waals surface area contributed by atoms with Crippen molar-refractivity contribution in [2.75, 3.05) is 18.6 Å². The van der Waals surface area contributed by atoms with Crippen LogP contribution in [0.25, 0.3) is 10.9 Å². The predicted molar refractivity (Wildman–Crippen MR) is 83.1 cm³/mol.